The Bertz CT molecular complexity index is 687. The van der Waals surface area contributed by atoms with Crippen LogP contribution in [0.3, 0.4) is 0 Å². The maximum absolute atomic E-state index is 11.5. The molecule has 0 heterocycles. The van der Waals surface area contributed by atoms with Crippen LogP contribution in [0.5, 0.6) is 0 Å². The zero-order valence-corrected chi connectivity index (χ0v) is 17.6. The van der Waals surface area contributed by atoms with Crippen LogP contribution in [0.1, 0.15) is 38.7 Å². The van der Waals surface area contributed by atoms with Gasteiger partial charge in [0.2, 0.25) is 0 Å². The van der Waals surface area contributed by atoms with E-state index < -0.39 is 9.84 Å². The second kappa shape index (κ2) is 10.2. The molecule has 0 amide bonds. The van der Waals surface area contributed by atoms with Gasteiger partial charge in [0.15, 0.2) is 15.8 Å². The van der Waals surface area contributed by atoms with Crippen molar-refractivity contribution < 1.29 is 8.42 Å². The SMILES string of the molecule is CCNC(=NCCc1ccc(S(C)(=O)=O)cc1)NC1CCC(SCC)C1. The molecule has 1 aromatic carbocycles. The number of thioether (sulfide) groups is 1. The molecular weight excluding hydrogens is 366 g/mol. The number of guanidine groups is 1. The Kier molecular flexibility index (Phi) is 8.28. The third kappa shape index (κ3) is 6.83. The van der Waals surface area contributed by atoms with Gasteiger partial charge in [0.1, 0.15) is 0 Å². The van der Waals surface area contributed by atoms with Crippen LogP contribution in [0, 0.1) is 0 Å². The van der Waals surface area contributed by atoms with Gasteiger partial charge >= 0.3 is 0 Å². The molecule has 0 aromatic heterocycles. The molecule has 5 nitrogen and oxygen atoms in total. The van der Waals surface area contributed by atoms with Gasteiger partial charge in [-0.25, -0.2) is 8.42 Å². The Morgan fingerprint density at radius 2 is 1.96 bits per heavy atom. The summed E-state index contributed by atoms with van der Waals surface area (Å²) in [4.78, 5) is 5.05. The Morgan fingerprint density at radius 1 is 1.23 bits per heavy atom. The van der Waals surface area contributed by atoms with Crippen LogP contribution in [0.15, 0.2) is 34.2 Å². The van der Waals surface area contributed by atoms with Gasteiger partial charge < -0.3 is 10.6 Å². The molecule has 0 bridgehead atoms. The molecule has 0 radical (unpaired) electrons. The van der Waals surface area contributed by atoms with Crippen molar-refractivity contribution in [3.63, 3.8) is 0 Å². The lowest BCUT2D eigenvalue weighted by atomic mass is 10.1. The molecule has 1 saturated carbocycles. The molecule has 2 rings (SSSR count). The summed E-state index contributed by atoms with van der Waals surface area (Å²) in [7, 11) is -3.13. The fourth-order valence-corrected chi connectivity index (χ4v) is 4.94. The molecule has 26 heavy (non-hydrogen) atoms. The van der Waals surface area contributed by atoms with E-state index in [-0.39, 0.29) is 0 Å². The van der Waals surface area contributed by atoms with Gasteiger partial charge in [0.05, 0.1) is 4.90 Å². The number of hydrogen-bond acceptors (Lipinski definition) is 4. The van der Waals surface area contributed by atoms with Crippen LogP contribution in [0.2, 0.25) is 0 Å². The molecule has 2 unspecified atom stereocenters. The highest BCUT2D eigenvalue weighted by atomic mass is 32.2. The number of sulfone groups is 1. The van der Waals surface area contributed by atoms with Crippen LogP contribution in [0.25, 0.3) is 0 Å². The van der Waals surface area contributed by atoms with E-state index in [4.69, 9.17) is 0 Å². The number of nitrogens with zero attached hydrogens (tertiary/aromatic N) is 1. The van der Waals surface area contributed by atoms with Crippen molar-refractivity contribution in [1.82, 2.24) is 10.6 Å². The van der Waals surface area contributed by atoms with Gasteiger partial charge in [-0.2, -0.15) is 11.8 Å². The normalized spacial score (nSPS) is 21.0. The quantitative estimate of drug-likeness (QED) is 0.521. The smallest absolute Gasteiger partial charge is 0.191 e. The van der Waals surface area contributed by atoms with E-state index >= 15 is 0 Å². The first kappa shape index (κ1) is 21.1. The van der Waals surface area contributed by atoms with E-state index in [1.807, 2.05) is 12.1 Å². The number of nitrogens with one attached hydrogen (secondary N) is 2. The lowest BCUT2D eigenvalue weighted by molar-refractivity contribution is 0.602. The highest BCUT2D eigenvalue weighted by Crippen LogP contribution is 2.29. The Hall–Kier alpha value is -1.21. The molecule has 1 fully saturated rings. The molecular formula is C19H31N3O2S2. The molecule has 2 N–H and O–H groups in total. The Morgan fingerprint density at radius 3 is 2.58 bits per heavy atom. The zero-order chi connectivity index (χ0) is 19.0. The number of rotatable bonds is 8. The molecule has 1 aromatic rings. The molecule has 0 saturated heterocycles. The third-order valence-electron chi connectivity index (χ3n) is 4.49. The van der Waals surface area contributed by atoms with Crippen molar-refractivity contribution in [2.45, 2.75) is 55.7 Å². The summed E-state index contributed by atoms with van der Waals surface area (Å²) >= 11 is 2.06. The van der Waals surface area contributed by atoms with Crippen molar-refractivity contribution in [3.8, 4) is 0 Å². The Balaban J connectivity index is 1.87. The van der Waals surface area contributed by atoms with Gasteiger partial charge in [-0.05, 0) is 56.1 Å². The summed E-state index contributed by atoms with van der Waals surface area (Å²) in [5.41, 5.74) is 1.09. The first-order valence-corrected chi connectivity index (χ1v) is 12.3. The van der Waals surface area contributed by atoms with Crippen molar-refractivity contribution in [2.24, 2.45) is 4.99 Å². The third-order valence-corrected chi connectivity index (χ3v) is 6.86. The summed E-state index contributed by atoms with van der Waals surface area (Å²) in [5.74, 6) is 2.07. The maximum Gasteiger partial charge on any atom is 0.191 e. The predicted octanol–water partition coefficient (Wildman–Crippen LogP) is 2.86. The summed E-state index contributed by atoms with van der Waals surface area (Å²) in [6.45, 7) is 5.81. The second-order valence-electron chi connectivity index (χ2n) is 6.66. The van der Waals surface area contributed by atoms with Gasteiger partial charge in [-0.3, -0.25) is 4.99 Å². The minimum absolute atomic E-state index is 0.362. The number of benzene rings is 1. The van der Waals surface area contributed by atoms with Gasteiger partial charge in [-0.1, -0.05) is 19.1 Å². The minimum Gasteiger partial charge on any atom is -0.357 e. The summed E-state index contributed by atoms with van der Waals surface area (Å²) < 4.78 is 23.0. The molecule has 0 spiro atoms. The van der Waals surface area contributed by atoms with E-state index in [0.29, 0.717) is 17.5 Å². The second-order valence-corrected chi connectivity index (χ2v) is 10.3. The maximum atomic E-state index is 11.5. The molecule has 0 aliphatic heterocycles. The van der Waals surface area contributed by atoms with Crippen molar-refractivity contribution >= 4 is 27.6 Å². The molecule has 1 aliphatic rings. The largest absolute Gasteiger partial charge is 0.357 e. The first-order valence-electron chi connectivity index (χ1n) is 9.37. The van der Waals surface area contributed by atoms with E-state index in [9.17, 15) is 8.42 Å². The molecule has 1 aliphatic carbocycles. The lowest BCUT2D eigenvalue weighted by Crippen LogP contribution is -2.42. The summed E-state index contributed by atoms with van der Waals surface area (Å²) in [6.07, 6.45) is 5.71. The predicted molar refractivity (Wildman–Crippen MR) is 112 cm³/mol. The minimum atomic E-state index is -3.13. The van der Waals surface area contributed by atoms with Crippen LogP contribution >= 0.6 is 11.8 Å². The van der Waals surface area contributed by atoms with Crippen molar-refractivity contribution in [1.29, 1.82) is 0 Å². The molecule has 146 valence electrons. The fourth-order valence-electron chi connectivity index (χ4n) is 3.17. The summed E-state index contributed by atoms with van der Waals surface area (Å²) in [5, 5.41) is 7.66. The number of hydrogen-bond donors (Lipinski definition) is 2. The monoisotopic (exact) mass is 397 g/mol. The molecule has 7 heteroatoms. The van der Waals surface area contributed by atoms with Crippen LogP contribution in [-0.4, -0.2) is 50.8 Å². The van der Waals surface area contributed by atoms with Crippen LogP contribution in [0.4, 0.5) is 0 Å². The standard InChI is InChI=1S/C19H31N3O2S2/c1-4-20-19(22-16-8-9-17(14-16)25-5-2)21-13-12-15-6-10-18(11-7-15)26(3,23)24/h6-7,10-11,16-17H,4-5,8-9,12-14H2,1-3H3,(H2,20,21,22). The highest BCUT2D eigenvalue weighted by Gasteiger charge is 2.25. The Labute approximate surface area is 162 Å². The van der Waals surface area contributed by atoms with E-state index in [2.05, 4.69) is 41.2 Å². The fraction of sp³-hybridized carbons (Fsp3) is 0.632. The van der Waals surface area contributed by atoms with Crippen LogP contribution in [-0.2, 0) is 16.3 Å². The van der Waals surface area contributed by atoms with Gasteiger partial charge in [-0.15, -0.1) is 0 Å². The average molecular weight is 398 g/mol. The van der Waals surface area contributed by atoms with Gasteiger partial charge in [0, 0.05) is 30.6 Å². The number of aliphatic imine (C=N–C) groups is 1. The topological polar surface area (TPSA) is 70.6 Å². The lowest BCUT2D eigenvalue weighted by Gasteiger charge is -2.17. The van der Waals surface area contributed by atoms with E-state index in [1.54, 1.807) is 12.1 Å². The molecule has 2 atom stereocenters. The van der Waals surface area contributed by atoms with Crippen molar-refractivity contribution in [3.05, 3.63) is 29.8 Å². The van der Waals surface area contributed by atoms with Crippen molar-refractivity contribution in [2.75, 3.05) is 25.1 Å². The van der Waals surface area contributed by atoms with Crippen LogP contribution < -0.4 is 10.6 Å². The van der Waals surface area contributed by atoms with E-state index in [0.717, 1.165) is 29.7 Å². The zero-order valence-electron chi connectivity index (χ0n) is 16.0. The van der Waals surface area contributed by atoms with E-state index in [1.165, 1.54) is 31.3 Å². The highest BCUT2D eigenvalue weighted by molar-refractivity contribution is 7.99. The first-order chi connectivity index (χ1) is 12.4. The average Bonchev–Trinajstić information content (AvgIpc) is 3.02. The summed E-state index contributed by atoms with van der Waals surface area (Å²) in [6, 6.07) is 7.58. The van der Waals surface area contributed by atoms with Gasteiger partial charge in [0.25, 0.3) is 0 Å².